The van der Waals surface area contributed by atoms with Crippen LogP contribution in [0.2, 0.25) is 10.0 Å². The summed E-state index contributed by atoms with van der Waals surface area (Å²) in [6.07, 6.45) is 18.4. The number of ether oxygens (including phenoxy) is 1. The van der Waals surface area contributed by atoms with Gasteiger partial charge in [-0.3, -0.25) is 9.69 Å². The predicted molar refractivity (Wildman–Crippen MR) is 142 cm³/mol. The fraction of sp³-hybridized carbons (Fsp3) is 0.759. The van der Waals surface area contributed by atoms with Gasteiger partial charge in [-0.25, -0.2) is 0 Å². The Morgan fingerprint density at radius 2 is 1.62 bits per heavy atom. The predicted octanol–water partition coefficient (Wildman–Crippen LogP) is 8.56. The van der Waals surface area contributed by atoms with Crippen LogP contribution in [-0.2, 0) is 9.53 Å². The molecule has 5 heteroatoms. The molecular formula is C29H43Cl2NO2. The number of carbonyl (C=O) groups is 1. The molecule has 0 amide bonds. The van der Waals surface area contributed by atoms with Crippen LogP contribution in [0.15, 0.2) is 18.2 Å². The second-order valence-electron chi connectivity index (χ2n) is 10.9. The highest BCUT2D eigenvalue weighted by Crippen LogP contribution is 2.53. The fourth-order valence-electron chi connectivity index (χ4n) is 6.85. The molecule has 3 aliphatic heterocycles. The maximum absolute atomic E-state index is 12.7. The van der Waals surface area contributed by atoms with Gasteiger partial charge in [0.15, 0.2) is 0 Å². The van der Waals surface area contributed by atoms with Gasteiger partial charge in [-0.1, -0.05) is 100 Å². The molecule has 3 fully saturated rings. The van der Waals surface area contributed by atoms with Crippen LogP contribution in [0.5, 0.6) is 0 Å². The molecule has 3 aliphatic rings. The highest BCUT2D eigenvalue weighted by molar-refractivity contribution is 6.42. The van der Waals surface area contributed by atoms with E-state index in [2.05, 4.69) is 17.9 Å². The van der Waals surface area contributed by atoms with Crippen molar-refractivity contribution < 1.29 is 9.53 Å². The summed E-state index contributed by atoms with van der Waals surface area (Å²) in [5, 5.41) is 1.23. The maximum atomic E-state index is 12.7. The Hall–Kier alpha value is -0.770. The van der Waals surface area contributed by atoms with Crippen molar-refractivity contribution in [1.29, 1.82) is 0 Å². The number of esters is 1. The van der Waals surface area contributed by atoms with Gasteiger partial charge in [-0.15, -0.1) is 0 Å². The second kappa shape index (κ2) is 13.0. The van der Waals surface area contributed by atoms with Crippen molar-refractivity contribution in [1.82, 2.24) is 4.90 Å². The summed E-state index contributed by atoms with van der Waals surface area (Å²) in [5.74, 6) is 0.765. The first-order valence-electron chi connectivity index (χ1n) is 14.0. The number of piperidine rings is 1. The first kappa shape index (κ1) is 26.3. The molecule has 0 spiro atoms. The lowest BCUT2D eigenvalue weighted by atomic mass is 9.76. The second-order valence-corrected chi connectivity index (χ2v) is 11.7. The minimum atomic E-state index is -0.00145. The van der Waals surface area contributed by atoms with E-state index in [0.29, 0.717) is 40.4 Å². The average molecular weight is 509 g/mol. The summed E-state index contributed by atoms with van der Waals surface area (Å²) < 4.78 is 6.14. The van der Waals surface area contributed by atoms with Crippen LogP contribution in [0.3, 0.4) is 0 Å². The van der Waals surface area contributed by atoms with E-state index < -0.39 is 0 Å². The van der Waals surface area contributed by atoms with E-state index >= 15 is 0 Å². The summed E-state index contributed by atoms with van der Waals surface area (Å²) in [6, 6.07) is 7.22. The van der Waals surface area contributed by atoms with Crippen LogP contribution in [0.25, 0.3) is 0 Å². The minimum absolute atomic E-state index is 0.00145. The molecule has 6 atom stereocenters. The third-order valence-corrected chi connectivity index (χ3v) is 9.32. The molecule has 4 bridgehead atoms. The normalized spacial score (nSPS) is 29.5. The summed E-state index contributed by atoms with van der Waals surface area (Å²) >= 11 is 12.5. The standard InChI is InChI=1S/C29H43Cl2NO2/c1-2-3-4-5-6-7-8-9-10-11-12-13-28(33)34-27-20-32-22-15-17-26(32)29(27)23(19-22)21-14-16-24(30)25(31)18-21/h14,16,18,22-23,26-27,29H,2-13,15,17,19-20H2,1H3/t22-,23+,26+,27+,29-/m0/s1. The Morgan fingerprint density at radius 3 is 2.29 bits per heavy atom. The van der Waals surface area contributed by atoms with Gasteiger partial charge in [-0.05, 0) is 49.3 Å². The third-order valence-electron chi connectivity index (χ3n) is 8.58. The molecule has 3 nitrogen and oxygen atoms in total. The Morgan fingerprint density at radius 1 is 0.941 bits per heavy atom. The third kappa shape index (κ3) is 6.51. The minimum Gasteiger partial charge on any atom is -0.461 e. The molecule has 0 N–H and O–H groups in total. The molecule has 0 aromatic heterocycles. The molecule has 1 aromatic carbocycles. The summed E-state index contributed by atoms with van der Waals surface area (Å²) in [4.78, 5) is 15.3. The molecule has 3 heterocycles. The van der Waals surface area contributed by atoms with E-state index in [-0.39, 0.29) is 12.1 Å². The zero-order valence-electron chi connectivity index (χ0n) is 21.0. The monoisotopic (exact) mass is 507 g/mol. The van der Waals surface area contributed by atoms with Crippen molar-refractivity contribution in [3.63, 3.8) is 0 Å². The number of benzene rings is 1. The molecule has 34 heavy (non-hydrogen) atoms. The van der Waals surface area contributed by atoms with Gasteiger partial charge in [0, 0.05) is 31.0 Å². The van der Waals surface area contributed by atoms with Gasteiger partial charge in [0.1, 0.15) is 6.10 Å². The number of halogens is 2. The van der Waals surface area contributed by atoms with Crippen molar-refractivity contribution in [2.24, 2.45) is 5.92 Å². The Labute approximate surface area is 216 Å². The first-order valence-corrected chi connectivity index (χ1v) is 14.7. The van der Waals surface area contributed by atoms with E-state index in [1.165, 1.54) is 76.2 Å². The van der Waals surface area contributed by atoms with E-state index in [1.54, 1.807) is 0 Å². The average Bonchev–Trinajstić information content (AvgIpc) is 3.23. The molecule has 1 aromatic rings. The quantitative estimate of drug-likeness (QED) is 0.186. The van der Waals surface area contributed by atoms with Crippen molar-refractivity contribution in [2.45, 2.75) is 127 Å². The topological polar surface area (TPSA) is 29.5 Å². The molecule has 190 valence electrons. The van der Waals surface area contributed by atoms with Crippen LogP contribution in [-0.4, -0.2) is 35.6 Å². The lowest BCUT2D eigenvalue weighted by Crippen LogP contribution is -2.41. The maximum Gasteiger partial charge on any atom is 0.306 e. The van der Waals surface area contributed by atoms with Crippen molar-refractivity contribution in [2.75, 3.05) is 6.54 Å². The Balaban J connectivity index is 1.19. The summed E-state index contributed by atoms with van der Waals surface area (Å²) in [6.45, 7) is 3.17. The highest BCUT2D eigenvalue weighted by atomic mass is 35.5. The number of hydrogen-bond donors (Lipinski definition) is 0. The number of rotatable bonds is 14. The number of carbonyl (C=O) groups excluding carboxylic acids is 1. The van der Waals surface area contributed by atoms with Crippen LogP contribution < -0.4 is 0 Å². The zero-order chi connectivity index (χ0) is 23.9. The SMILES string of the molecule is CCCCCCCCCCCCCC(=O)O[C@@H]1CN2[C@H]3CC[C@@H]2[C@@H]1[C@@H](c1ccc(Cl)c(Cl)c1)C3. The highest BCUT2D eigenvalue weighted by Gasteiger charge is 2.56. The first-order chi connectivity index (χ1) is 16.6. The Bertz CT molecular complexity index is 800. The largest absolute Gasteiger partial charge is 0.461 e. The summed E-state index contributed by atoms with van der Waals surface area (Å²) in [5.41, 5.74) is 1.25. The number of hydrogen-bond acceptors (Lipinski definition) is 3. The van der Waals surface area contributed by atoms with Gasteiger partial charge < -0.3 is 4.74 Å². The lowest BCUT2D eigenvalue weighted by molar-refractivity contribution is -0.150. The van der Waals surface area contributed by atoms with Gasteiger partial charge in [0.2, 0.25) is 0 Å². The van der Waals surface area contributed by atoms with Crippen LogP contribution >= 0.6 is 23.2 Å². The van der Waals surface area contributed by atoms with Crippen LogP contribution in [0, 0.1) is 5.92 Å². The van der Waals surface area contributed by atoms with Gasteiger partial charge in [0.05, 0.1) is 10.0 Å². The van der Waals surface area contributed by atoms with Crippen molar-refractivity contribution in [3.05, 3.63) is 33.8 Å². The molecule has 0 radical (unpaired) electrons. The number of nitrogens with zero attached hydrogens (tertiary/aromatic N) is 1. The van der Waals surface area contributed by atoms with Gasteiger partial charge >= 0.3 is 5.97 Å². The summed E-state index contributed by atoms with van der Waals surface area (Å²) in [7, 11) is 0. The molecule has 1 unspecified atom stereocenters. The lowest BCUT2D eigenvalue weighted by Gasteiger charge is -2.37. The van der Waals surface area contributed by atoms with E-state index in [0.717, 1.165) is 25.8 Å². The van der Waals surface area contributed by atoms with Crippen molar-refractivity contribution >= 4 is 29.2 Å². The van der Waals surface area contributed by atoms with E-state index in [9.17, 15) is 4.79 Å². The van der Waals surface area contributed by atoms with Gasteiger partial charge in [-0.2, -0.15) is 0 Å². The fourth-order valence-corrected chi connectivity index (χ4v) is 7.16. The van der Waals surface area contributed by atoms with E-state index in [4.69, 9.17) is 27.9 Å². The molecule has 3 saturated heterocycles. The van der Waals surface area contributed by atoms with Crippen molar-refractivity contribution in [3.8, 4) is 0 Å². The number of unbranched alkanes of at least 4 members (excludes halogenated alkanes) is 10. The van der Waals surface area contributed by atoms with Gasteiger partial charge in [0.25, 0.3) is 0 Å². The molecule has 4 rings (SSSR count). The van der Waals surface area contributed by atoms with Crippen LogP contribution in [0.1, 0.15) is 115 Å². The molecule has 0 saturated carbocycles. The Kier molecular flexibility index (Phi) is 10.0. The van der Waals surface area contributed by atoms with Crippen LogP contribution in [0.4, 0.5) is 0 Å². The zero-order valence-corrected chi connectivity index (χ0v) is 22.5. The van der Waals surface area contributed by atoms with E-state index in [1.807, 2.05) is 12.1 Å². The molecular weight excluding hydrogens is 465 g/mol. The smallest absolute Gasteiger partial charge is 0.306 e. The molecule has 0 aliphatic carbocycles.